The van der Waals surface area contributed by atoms with Crippen molar-refractivity contribution in [3.05, 3.63) is 53.6 Å². The minimum absolute atomic E-state index is 0.271. The van der Waals surface area contributed by atoms with Crippen LogP contribution in [0.5, 0.6) is 11.5 Å². The fourth-order valence-corrected chi connectivity index (χ4v) is 2.74. The molecule has 118 valence electrons. The van der Waals surface area contributed by atoms with Crippen LogP contribution < -0.4 is 14.4 Å². The normalized spacial score (nSPS) is 13.2. The number of rotatable bonds is 5. The second kappa shape index (κ2) is 6.12. The molecule has 0 saturated carbocycles. The summed E-state index contributed by atoms with van der Waals surface area (Å²) in [5.41, 5.74) is 2.05. The van der Waals surface area contributed by atoms with Gasteiger partial charge >= 0.3 is 0 Å². The Kier molecular flexibility index (Phi) is 4.02. The zero-order chi connectivity index (χ0) is 16.4. The number of nitrogens with zero attached hydrogens (tertiary/aromatic N) is 1. The number of aryl methyl sites for hydroxylation is 1. The Labute approximate surface area is 134 Å². The SMILES string of the molecule is COc1ccccc1OCCN1C(=O)C(=O)c2cccc(C)c21. The standard InChI is InChI=1S/C18H17NO4/c1-12-6-5-7-13-16(12)19(18(21)17(13)20)10-11-23-15-9-4-3-8-14(15)22-2/h3-9H,10-11H2,1-2H3. The van der Waals surface area contributed by atoms with Crippen LogP contribution >= 0.6 is 0 Å². The third kappa shape index (κ3) is 2.65. The van der Waals surface area contributed by atoms with E-state index in [-0.39, 0.29) is 6.61 Å². The van der Waals surface area contributed by atoms with Crippen LogP contribution in [0, 0.1) is 6.92 Å². The van der Waals surface area contributed by atoms with E-state index in [4.69, 9.17) is 9.47 Å². The van der Waals surface area contributed by atoms with Crippen LogP contribution in [0.25, 0.3) is 0 Å². The van der Waals surface area contributed by atoms with Crippen LogP contribution in [0.15, 0.2) is 42.5 Å². The van der Waals surface area contributed by atoms with Crippen LogP contribution in [0.2, 0.25) is 0 Å². The number of ketones is 1. The van der Waals surface area contributed by atoms with Gasteiger partial charge in [-0.3, -0.25) is 9.59 Å². The molecular weight excluding hydrogens is 294 g/mol. The zero-order valence-corrected chi connectivity index (χ0v) is 13.0. The number of carbonyl (C=O) groups is 2. The third-order valence-electron chi connectivity index (χ3n) is 3.83. The first-order valence-electron chi connectivity index (χ1n) is 7.35. The van der Waals surface area contributed by atoms with E-state index < -0.39 is 11.7 Å². The number of para-hydroxylation sites is 3. The average Bonchev–Trinajstić information content (AvgIpc) is 2.81. The highest BCUT2D eigenvalue weighted by molar-refractivity contribution is 6.52. The van der Waals surface area contributed by atoms with E-state index >= 15 is 0 Å². The highest BCUT2D eigenvalue weighted by atomic mass is 16.5. The Bertz CT molecular complexity index is 769. The van der Waals surface area contributed by atoms with Crippen molar-refractivity contribution in [2.75, 3.05) is 25.2 Å². The van der Waals surface area contributed by atoms with Gasteiger partial charge in [-0.05, 0) is 30.7 Å². The van der Waals surface area contributed by atoms with Crippen molar-refractivity contribution in [2.24, 2.45) is 0 Å². The predicted octanol–water partition coefficient (Wildman–Crippen LogP) is 2.61. The number of Topliss-reactive ketones (excluding diaryl/α,β-unsaturated/α-hetero) is 1. The topological polar surface area (TPSA) is 55.8 Å². The summed E-state index contributed by atoms with van der Waals surface area (Å²) in [6, 6.07) is 12.7. The number of ether oxygens (including phenoxy) is 2. The zero-order valence-electron chi connectivity index (χ0n) is 13.0. The summed E-state index contributed by atoms with van der Waals surface area (Å²) in [5, 5.41) is 0. The maximum atomic E-state index is 12.2. The van der Waals surface area contributed by atoms with Gasteiger partial charge < -0.3 is 14.4 Å². The summed E-state index contributed by atoms with van der Waals surface area (Å²) < 4.78 is 10.9. The van der Waals surface area contributed by atoms with Gasteiger partial charge in [-0.15, -0.1) is 0 Å². The number of benzene rings is 2. The molecule has 0 saturated heterocycles. The first-order chi connectivity index (χ1) is 11.1. The monoisotopic (exact) mass is 311 g/mol. The van der Waals surface area contributed by atoms with E-state index in [9.17, 15) is 9.59 Å². The molecule has 0 unspecified atom stereocenters. The van der Waals surface area contributed by atoms with Gasteiger partial charge in [0.05, 0.1) is 24.9 Å². The van der Waals surface area contributed by atoms with Gasteiger partial charge in [-0.2, -0.15) is 0 Å². The van der Waals surface area contributed by atoms with Crippen LogP contribution in [0.3, 0.4) is 0 Å². The number of hydrogen-bond donors (Lipinski definition) is 0. The molecule has 2 aromatic rings. The molecule has 0 fully saturated rings. The summed E-state index contributed by atoms with van der Waals surface area (Å²) >= 11 is 0. The summed E-state index contributed by atoms with van der Waals surface area (Å²) in [6.45, 7) is 2.46. The molecule has 0 N–H and O–H groups in total. The fourth-order valence-electron chi connectivity index (χ4n) is 2.74. The predicted molar refractivity (Wildman–Crippen MR) is 86.4 cm³/mol. The van der Waals surface area contributed by atoms with Crippen molar-refractivity contribution in [3.63, 3.8) is 0 Å². The molecule has 5 nitrogen and oxygen atoms in total. The molecule has 2 aromatic carbocycles. The molecule has 1 aliphatic rings. The van der Waals surface area contributed by atoms with Crippen molar-refractivity contribution >= 4 is 17.4 Å². The maximum Gasteiger partial charge on any atom is 0.299 e. The van der Waals surface area contributed by atoms with Gasteiger partial charge in [0.15, 0.2) is 11.5 Å². The lowest BCUT2D eigenvalue weighted by Crippen LogP contribution is -2.33. The van der Waals surface area contributed by atoms with Gasteiger partial charge in [-0.25, -0.2) is 0 Å². The molecule has 23 heavy (non-hydrogen) atoms. The number of anilines is 1. The van der Waals surface area contributed by atoms with Crippen molar-refractivity contribution in [3.8, 4) is 11.5 Å². The van der Waals surface area contributed by atoms with Crippen molar-refractivity contribution in [1.29, 1.82) is 0 Å². The number of methoxy groups -OCH3 is 1. The first kappa shape index (κ1) is 15.1. The molecule has 1 amide bonds. The molecule has 0 aliphatic carbocycles. The Morgan fingerprint density at radius 3 is 2.48 bits per heavy atom. The molecule has 1 heterocycles. The number of carbonyl (C=O) groups excluding carboxylic acids is 2. The molecular formula is C18H17NO4. The molecule has 3 rings (SSSR count). The van der Waals surface area contributed by atoms with Gasteiger partial charge in [-0.1, -0.05) is 24.3 Å². The van der Waals surface area contributed by atoms with Gasteiger partial charge in [0.2, 0.25) is 0 Å². The average molecular weight is 311 g/mol. The Morgan fingerprint density at radius 2 is 1.74 bits per heavy atom. The lowest BCUT2D eigenvalue weighted by molar-refractivity contribution is -0.114. The van der Waals surface area contributed by atoms with E-state index in [0.29, 0.717) is 29.3 Å². The fraction of sp³-hybridized carbons (Fsp3) is 0.222. The highest BCUT2D eigenvalue weighted by Crippen LogP contribution is 2.32. The van der Waals surface area contributed by atoms with E-state index in [0.717, 1.165) is 5.56 Å². The van der Waals surface area contributed by atoms with E-state index in [1.807, 2.05) is 25.1 Å². The lowest BCUT2D eigenvalue weighted by atomic mass is 10.1. The minimum Gasteiger partial charge on any atom is -0.493 e. The van der Waals surface area contributed by atoms with Gasteiger partial charge in [0, 0.05) is 0 Å². The molecule has 0 atom stereocenters. The second-order valence-corrected chi connectivity index (χ2v) is 5.26. The highest BCUT2D eigenvalue weighted by Gasteiger charge is 2.36. The summed E-state index contributed by atoms with van der Waals surface area (Å²) in [4.78, 5) is 25.7. The molecule has 0 radical (unpaired) electrons. The molecule has 0 spiro atoms. The Balaban J connectivity index is 1.75. The van der Waals surface area contributed by atoms with Crippen molar-refractivity contribution in [1.82, 2.24) is 0 Å². The molecule has 5 heteroatoms. The lowest BCUT2D eigenvalue weighted by Gasteiger charge is -2.19. The number of fused-ring (bicyclic) bond motifs is 1. The van der Waals surface area contributed by atoms with Gasteiger partial charge in [0.1, 0.15) is 6.61 Å². The smallest absolute Gasteiger partial charge is 0.299 e. The van der Waals surface area contributed by atoms with E-state index in [1.165, 1.54) is 4.90 Å². The van der Waals surface area contributed by atoms with E-state index in [2.05, 4.69) is 0 Å². The summed E-state index contributed by atoms with van der Waals surface area (Å²) in [5.74, 6) is 0.282. The minimum atomic E-state index is -0.502. The third-order valence-corrected chi connectivity index (χ3v) is 3.83. The Morgan fingerprint density at radius 1 is 1.00 bits per heavy atom. The van der Waals surface area contributed by atoms with Crippen LogP contribution in [0.1, 0.15) is 15.9 Å². The van der Waals surface area contributed by atoms with Gasteiger partial charge in [0.25, 0.3) is 11.7 Å². The van der Waals surface area contributed by atoms with Crippen molar-refractivity contribution < 1.29 is 19.1 Å². The number of hydrogen-bond acceptors (Lipinski definition) is 4. The maximum absolute atomic E-state index is 12.2. The molecule has 0 bridgehead atoms. The molecule has 1 aliphatic heterocycles. The largest absolute Gasteiger partial charge is 0.493 e. The number of amides is 1. The van der Waals surface area contributed by atoms with Crippen LogP contribution in [0.4, 0.5) is 5.69 Å². The summed E-state index contributed by atoms with van der Waals surface area (Å²) in [7, 11) is 1.57. The Hall–Kier alpha value is -2.82. The van der Waals surface area contributed by atoms with Crippen LogP contribution in [-0.2, 0) is 4.79 Å². The summed E-state index contributed by atoms with van der Waals surface area (Å²) in [6.07, 6.45) is 0. The van der Waals surface area contributed by atoms with E-state index in [1.54, 1.807) is 31.4 Å². The van der Waals surface area contributed by atoms with Crippen molar-refractivity contribution in [2.45, 2.75) is 6.92 Å². The van der Waals surface area contributed by atoms with Crippen LogP contribution in [-0.4, -0.2) is 32.0 Å². The molecule has 0 aromatic heterocycles. The first-order valence-corrected chi connectivity index (χ1v) is 7.35. The quantitative estimate of drug-likeness (QED) is 0.797. The second-order valence-electron chi connectivity index (χ2n) is 5.26.